The number of anilines is 1. The van der Waals surface area contributed by atoms with Gasteiger partial charge in [-0.25, -0.2) is 0 Å². The van der Waals surface area contributed by atoms with Crippen LogP contribution in [0.3, 0.4) is 0 Å². The van der Waals surface area contributed by atoms with Crippen LogP contribution in [-0.2, 0) is 11.3 Å². The van der Waals surface area contributed by atoms with Crippen LogP contribution in [0.5, 0.6) is 0 Å². The molecular formula is C16H10Cl3N9O. The topological polar surface area (TPSA) is 116 Å². The van der Waals surface area contributed by atoms with Crippen LogP contribution in [0, 0.1) is 0 Å². The summed E-state index contributed by atoms with van der Waals surface area (Å²) in [5.74, 6) is -0.115. The number of benzene rings is 2. The molecule has 1 amide bonds. The Morgan fingerprint density at radius 3 is 2.76 bits per heavy atom. The Kier molecular flexibility index (Phi) is 5.38. The van der Waals surface area contributed by atoms with Gasteiger partial charge in [0, 0.05) is 10.6 Å². The van der Waals surface area contributed by atoms with Crippen LogP contribution in [0.2, 0.25) is 15.1 Å². The molecule has 0 fully saturated rings. The highest BCUT2D eigenvalue weighted by Gasteiger charge is 2.16. The molecule has 0 radical (unpaired) electrons. The zero-order chi connectivity index (χ0) is 20.4. The summed E-state index contributed by atoms with van der Waals surface area (Å²) >= 11 is 18.1. The van der Waals surface area contributed by atoms with E-state index in [1.54, 1.807) is 36.4 Å². The molecule has 146 valence electrons. The van der Waals surface area contributed by atoms with Gasteiger partial charge in [0.15, 0.2) is 0 Å². The Hall–Kier alpha value is -3.08. The Bertz CT molecular complexity index is 1180. The monoisotopic (exact) mass is 449 g/mol. The molecule has 2 aromatic heterocycles. The number of nitrogens with zero attached hydrogens (tertiary/aromatic N) is 8. The lowest BCUT2D eigenvalue weighted by atomic mass is 10.1. The molecule has 29 heavy (non-hydrogen) atoms. The fourth-order valence-corrected chi connectivity index (χ4v) is 3.01. The number of tetrazole rings is 2. The van der Waals surface area contributed by atoms with Crippen molar-refractivity contribution in [3.05, 3.63) is 57.8 Å². The molecule has 0 aliphatic carbocycles. The third kappa shape index (κ3) is 4.19. The van der Waals surface area contributed by atoms with Crippen LogP contribution in [0.4, 0.5) is 5.69 Å². The number of rotatable bonds is 5. The fourth-order valence-electron chi connectivity index (χ4n) is 2.49. The zero-order valence-electron chi connectivity index (χ0n) is 14.4. The van der Waals surface area contributed by atoms with Crippen molar-refractivity contribution in [2.45, 2.75) is 6.54 Å². The molecule has 0 aliphatic rings. The van der Waals surface area contributed by atoms with Gasteiger partial charge < -0.3 is 5.32 Å². The summed E-state index contributed by atoms with van der Waals surface area (Å²) in [6.07, 6.45) is 1.42. The normalized spacial score (nSPS) is 10.9. The van der Waals surface area contributed by atoms with Gasteiger partial charge in [0.25, 0.3) is 0 Å². The first-order valence-electron chi connectivity index (χ1n) is 8.06. The molecule has 13 heteroatoms. The summed E-state index contributed by atoms with van der Waals surface area (Å²) in [6.45, 7) is -0.177. The quantitative estimate of drug-likeness (QED) is 0.497. The Labute approximate surface area is 178 Å². The zero-order valence-corrected chi connectivity index (χ0v) is 16.6. The highest BCUT2D eigenvalue weighted by Crippen LogP contribution is 2.29. The van der Waals surface area contributed by atoms with E-state index in [1.165, 1.54) is 11.0 Å². The molecule has 0 aliphatic heterocycles. The number of hydrogen-bond donors (Lipinski definition) is 1. The lowest BCUT2D eigenvalue weighted by molar-refractivity contribution is -0.117. The van der Waals surface area contributed by atoms with Crippen molar-refractivity contribution in [2.75, 3.05) is 5.32 Å². The summed E-state index contributed by atoms with van der Waals surface area (Å²) in [4.78, 5) is 13.5. The molecule has 4 rings (SSSR count). The van der Waals surface area contributed by atoms with E-state index < -0.39 is 5.91 Å². The van der Waals surface area contributed by atoms with E-state index in [0.717, 1.165) is 4.80 Å². The van der Waals surface area contributed by atoms with E-state index in [-0.39, 0.29) is 17.4 Å². The maximum atomic E-state index is 12.3. The maximum absolute atomic E-state index is 12.3. The number of amides is 1. The standard InChI is InChI=1S/C16H10Cl3N9O/c17-9-4-5-10(13(6-9)27-8-20-24-26-27)16-22-25-28(23-16)7-14(29)21-12-3-1-2-11(18)15(12)19/h1-6,8H,7H2,(H,21,29). The lowest BCUT2D eigenvalue weighted by Crippen LogP contribution is -2.20. The molecule has 2 aromatic carbocycles. The SMILES string of the molecule is O=C(Cn1nnc(-c2ccc(Cl)cc2-n2cnnn2)n1)Nc1cccc(Cl)c1Cl. The van der Waals surface area contributed by atoms with Crippen molar-refractivity contribution in [1.82, 2.24) is 40.4 Å². The Morgan fingerprint density at radius 1 is 1.10 bits per heavy atom. The summed E-state index contributed by atoms with van der Waals surface area (Å²) in [6, 6.07) is 10.0. The lowest BCUT2D eigenvalue weighted by Gasteiger charge is -2.07. The number of nitrogens with one attached hydrogen (secondary N) is 1. The van der Waals surface area contributed by atoms with Gasteiger partial charge in [-0.1, -0.05) is 40.9 Å². The van der Waals surface area contributed by atoms with Crippen LogP contribution < -0.4 is 5.32 Å². The Morgan fingerprint density at radius 2 is 1.97 bits per heavy atom. The van der Waals surface area contributed by atoms with Gasteiger partial charge in [-0.15, -0.1) is 15.3 Å². The number of hydrogen-bond acceptors (Lipinski definition) is 7. The first-order valence-corrected chi connectivity index (χ1v) is 9.19. The van der Waals surface area contributed by atoms with Crippen LogP contribution in [0.1, 0.15) is 0 Å². The van der Waals surface area contributed by atoms with E-state index in [0.29, 0.717) is 27.0 Å². The minimum Gasteiger partial charge on any atom is -0.323 e. The largest absolute Gasteiger partial charge is 0.323 e. The molecule has 0 saturated carbocycles. The van der Waals surface area contributed by atoms with Crippen LogP contribution >= 0.6 is 34.8 Å². The van der Waals surface area contributed by atoms with E-state index in [2.05, 4.69) is 36.3 Å². The smallest absolute Gasteiger partial charge is 0.248 e. The molecule has 2 heterocycles. The fraction of sp³-hybridized carbons (Fsp3) is 0.0625. The molecule has 0 bridgehead atoms. The average Bonchev–Trinajstić information content (AvgIpc) is 3.37. The second-order valence-electron chi connectivity index (χ2n) is 5.71. The number of carbonyl (C=O) groups excluding carboxylic acids is 1. The molecule has 1 N–H and O–H groups in total. The summed E-state index contributed by atoms with van der Waals surface area (Å²) in [7, 11) is 0. The van der Waals surface area contributed by atoms with E-state index >= 15 is 0 Å². The van der Waals surface area contributed by atoms with Gasteiger partial charge >= 0.3 is 0 Å². The van der Waals surface area contributed by atoms with E-state index in [4.69, 9.17) is 34.8 Å². The van der Waals surface area contributed by atoms with Gasteiger partial charge in [0.1, 0.15) is 12.9 Å². The second kappa shape index (κ2) is 8.11. The molecule has 0 saturated heterocycles. The predicted molar refractivity (Wildman–Crippen MR) is 106 cm³/mol. The van der Waals surface area contributed by atoms with Crippen molar-refractivity contribution in [3.8, 4) is 17.1 Å². The van der Waals surface area contributed by atoms with Crippen molar-refractivity contribution >= 4 is 46.4 Å². The second-order valence-corrected chi connectivity index (χ2v) is 6.93. The maximum Gasteiger partial charge on any atom is 0.248 e. The number of aromatic nitrogens is 8. The molecular weight excluding hydrogens is 441 g/mol. The van der Waals surface area contributed by atoms with Gasteiger partial charge in [0.2, 0.25) is 11.7 Å². The molecule has 10 nitrogen and oxygen atoms in total. The van der Waals surface area contributed by atoms with Crippen molar-refractivity contribution < 1.29 is 4.79 Å². The average molecular weight is 451 g/mol. The third-order valence-corrected chi connectivity index (χ3v) is 4.81. The molecule has 4 aromatic rings. The van der Waals surface area contributed by atoms with Gasteiger partial charge in [-0.2, -0.15) is 9.48 Å². The molecule has 0 spiro atoms. The summed E-state index contributed by atoms with van der Waals surface area (Å²) in [5, 5.41) is 27.0. The Balaban J connectivity index is 1.55. The van der Waals surface area contributed by atoms with Crippen molar-refractivity contribution in [3.63, 3.8) is 0 Å². The van der Waals surface area contributed by atoms with E-state index in [9.17, 15) is 4.79 Å². The van der Waals surface area contributed by atoms with Gasteiger partial charge in [-0.3, -0.25) is 4.79 Å². The molecule has 0 unspecified atom stereocenters. The minimum absolute atomic E-state index is 0.177. The first-order chi connectivity index (χ1) is 14.0. The summed E-state index contributed by atoms with van der Waals surface area (Å²) in [5.41, 5.74) is 1.55. The van der Waals surface area contributed by atoms with E-state index in [1.807, 2.05) is 0 Å². The van der Waals surface area contributed by atoms with Crippen molar-refractivity contribution in [2.24, 2.45) is 0 Å². The van der Waals surface area contributed by atoms with Crippen LogP contribution in [-0.4, -0.2) is 46.3 Å². The van der Waals surface area contributed by atoms with Crippen molar-refractivity contribution in [1.29, 1.82) is 0 Å². The van der Waals surface area contributed by atoms with Gasteiger partial charge in [0.05, 0.1) is 21.4 Å². The summed E-state index contributed by atoms with van der Waals surface area (Å²) < 4.78 is 1.43. The highest BCUT2D eigenvalue weighted by atomic mass is 35.5. The van der Waals surface area contributed by atoms with Crippen LogP contribution in [0.25, 0.3) is 17.1 Å². The minimum atomic E-state index is -0.394. The molecule has 0 atom stereocenters. The van der Waals surface area contributed by atoms with Gasteiger partial charge in [-0.05, 0) is 46.0 Å². The number of halogens is 3. The predicted octanol–water partition coefficient (Wildman–Crippen LogP) is 2.91. The third-order valence-electron chi connectivity index (χ3n) is 3.76. The highest BCUT2D eigenvalue weighted by molar-refractivity contribution is 6.44. The van der Waals surface area contributed by atoms with Crippen LogP contribution in [0.15, 0.2) is 42.7 Å². The number of carbonyl (C=O) groups is 1. The first kappa shape index (κ1) is 19.2.